The molecule has 3 aromatic heterocycles. The molecule has 0 unspecified atom stereocenters. The molecule has 0 spiro atoms. The second-order valence-corrected chi connectivity index (χ2v) is 8.84. The third kappa shape index (κ3) is 4.70. The van der Waals surface area contributed by atoms with Crippen LogP contribution in [0.15, 0.2) is 61.1 Å². The molecule has 0 radical (unpaired) electrons. The molecule has 10 heteroatoms. The average Bonchev–Trinajstić information content (AvgIpc) is 3.39. The summed E-state index contributed by atoms with van der Waals surface area (Å²) in [7, 11) is 0. The number of carbonyl (C=O) groups is 2. The minimum Gasteiger partial charge on any atom is -0.334 e. The number of aromatic nitrogens is 5. The first-order chi connectivity index (χ1) is 17.4. The highest BCUT2D eigenvalue weighted by molar-refractivity contribution is 6.02. The summed E-state index contributed by atoms with van der Waals surface area (Å²) in [6.07, 6.45) is 3.95. The van der Waals surface area contributed by atoms with E-state index in [-0.39, 0.29) is 23.5 Å². The van der Waals surface area contributed by atoms with E-state index in [1.165, 1.54) is 24.3 Å². The van der Waals surface area contributed by atoms with Crippen LogP contribution in [-0.4, -0.2) is 48.0 Å². The average molecular weight is 486 g/mol. The molecule has 0 saturated carbocycles. The quantitative estimate of drug-likeness (QED) is 0.460. The molecule has 9 nitrogen and oxygen atoms in total. The minimum absolute atomic E-state index is 0.157. The van der Waals surface area contributed by atoms with E-state index in [1.807, 2.05) is 24.5 Å². The Kier molecular flexibility index (Phi) is 6.24. The van der Waals surface area contributed by atoms with Gasteiger partial charge in [-0.25, -0.2) is 9.37 Å². The van der Waals surface area contributed by atoms with E-state index in [9.17, 15) is 14.0 Å². The van der Waals surface area contributed by atoms with Gasteiger partial charge in [0.05, 0.1) is 0 Å². The Bertz CT molecular complexity index is 1430. The standard InChI is InChI=1S/C26H24FN7O2/c1-16(2)34-15-29-32-24(34)21-4-3-5-23(30-21)31-25(35)22-12-19-14-33(11-10-18(19)13-28-22)26(36)17-6-8-20(27)9-7-17/h3-9,12-13,15-16H,10-11,14H2,1-2H3,(H,30,31,35). The Morgan fingerprint density at radius 2 is 1.89 bits per heavy atom. The summed E-state index contributed by atoms with van der Waals surface area (Å²) in [6.45, 7) is 4.91. The van der Waals surface area contributed by atoms with Gasteiger partial charge in [0.2, 0.25) is 0 Å². The number of anilines is 1. The number of amides is 2. The van der Waals surface area contributed by atoms with Gasteiger partial charge in [0, 0.05) is 30.9 Å². The number of hydrogen-bond acceptors (Lipinski definition) is 6. The van der Waals surface area contributed by atoms with Crippen LogP contribution in [0.2, 0.25) is 0 Å². The molecule has 2 amide bonds. The molecule has 182 valence electrons. The van der Waals surface area contributed by atoms with E-state index in [2.05, 4.69) is 25.5 Å². The summed E-state index contributed by atoms with van der Waals surface area (Å²) >= 11 is 0. The fraction of sp³-hybridized carbons (Fsp3) is 0.231. The Morgan fingerprint density at radius 3 is 2.67 bits per heavy atom. The fourth-order valence-electron chi connectivity index (χ4n) is 4.12. The summed E-state index contributed by atoms with van der Waals surface area (Å²) in [4.78, 5) is 36.4. The van der Waals surface area contributed by atoms with Crippen molar-refractivity contribution in [1.82, 2.24) is 29.6 Å². The first-order valence-corrected chi connectivity index (χ1v) is 11.6. The number of rotatable bonds is 5. The number of nitrogens with one attached hydrogen (secondary N) is 1. The molecule has 4 aromatic rings. The Morgan fingerprint density at radius 1 is 1.08 bits per heavy atom. The Labute approximate surface area is 207 Å². The Hall–Kier alpha value is -4.47. The highest BCUT2D eigenvalue weighted by Crippen LogP contribution is 2.23. The highest BCUT2D eigenvalue weighted by atomic mass is 19.1. The van der Waals surface area contributed by atoms with Gasteiger partial charge < -0.3 is 14.8 Å². The van der Waals surface area contributed by atoms with E-state index in [4.69, 9.17) is 0 Å². The molecule has 0 bridgehead atoms. The van der Waals surface area contributed by atoms with Crippen molar-refractivity contribution in [2.45, 2.75) is 32.9 Å². The van der Waals surface area contributed by atoms with Gasteiger partial charge in [0.15, 0.2) is 5.82 Å². The normalized spacial score (nSPS) is 12.9. The SMILES string of the molecule is CC(C)n1cnnc1-c1cccc(NC(=O)c2cc3c(cn2)CCN(C(=O)c2ccc(F)cc2)C3)n1. The molecule has 1 aliphatic rings. The number of fused-ring (bicyclic) bond motifs is 1. The van der Waals surface area contributed by atoms with E-state index in [1.54, 1.807) is 35.6 Å². The van der Waals surface area contributed by atoms with Crippen LogP contribution in [0, 0.1) is 5.82 Å². The third-order valence-corrected chi connectivity index (χ3v) is 6.06. The molecule has 0 fully saturated rings. The summed E-state index contributed by atoms with van der Waals surface area (Å²) in [5, 5.41) is 10.9. The lowest BCUT2D eigenvalue weighted by Gasteiger charge is -2.29. The molecule has 1 N–H and O–H groups in total. The third-order valence-electron chi connectivity index (χ3n) is 6.06. The van der Waals surface area contributed by atoms with E-state index >= 15 is 0 Å². The topological polar surface area (TPSA) is 106 Å². The predicted molar refractivity (Wildman–Crippen MR) is 131 cm³/mol. The molecule has 1 aliphatic heterocycles. The second kappa shape index (κ2) is 9.65. The number of hydrogen-bond donors (Lipinski definition) is 1. The van der Waals surface area contributed by atoms with Gasteiger partial charge in [0.25, 0.3) is 11.8 Å². The van der Waals surface area contributed by atoms with Crippen molar-refractivity contribution >= 4 is 17.6 Å². The molecule has 36 heavy (non-hydrogen) atoms. The number of pyridine rings is 2. The van der Waals surface area contributed by atoms with Gasteiger partial charge in [-0.05, 0) is 73.9 Å². The fourth-order valence-corrected chi connectivity index (χ4v) is 4.12. The number of benzene rings is 1. The van der Waals surface area contributed by atoms with Crippen molar-refractivity contribution < 1.29 is 14.0 Å². The maximum absolute atomic E-state index is 13.2. The molecule has 0 aliphatic carbocycles. The molecular weight excluding hydrogens is 461 g/mol. The number of nitrogens with zero attached hydrogens (tertiary/aromatic N) is 6. The van der Waals surface area contributed by atoms with Crippen LogP contribution in [0.4, 0.5) is 10.2 Å². The summed E-state index contributed by atoms with van der Waals surface area (Å²) < 4.78 is 15.1. The van der Waals surface area contributed by atoms with Gasteiger partial charge >= 0.3 is 0 Å². The maximum atomic E-state index is 13.2. The van der Waals surface area contributed by atoms with Crippen LogP contribution < -0.4 is 5.32 Å². The lowest BCUT2D eigenvalue weighted by Crippen LogP contribution is -2.36. The smallest absolute Gasteiger partial charge is 0.275 e. The number of carbonyl (C=O) groups excluding carboxylic acids is 2. The largest absolute Gasteiger partial charge is 0.334 e. The van der Waals surface area contributed by atoms with Crippen LogP contribution >= 0.6 is 0 Å². The first-order valence-electron chi connectivity index (χ1n) is 11.6. The molecule has 0 saturated heterocycles. The zero-order valence-corrected chi connectivity index (χ0v) is 19.8. The van der Waals surface area contributed by atoms with Crippen molar-refractivity contribution in [2.24, 2.45) is 0 Å². The lowest BCUT2D eigenvalue weighted by atomic mass is 10.00. The zero-order valence-electron chi connectivity index (χ0n) is 19.8. The van der Waals surface area contributed by atoms with Crippen LogP contribution in [0.5, 0.6) is 0 Å². The summed E-state index contributed by atoms with van der Waals surface area (Å²) in [6, 6.07) is 12.6. The van der Waals surface area contributed by atoms with Crippen LogP contribution in [0.1, 0.15) is 51.9 Å². The lowest BCUT2D eigenvalue weighted by molar-refractivity contribution is 0.0734. The molecule has 0 atom stereocenters. The van der Waals surface area contributed by atoms with Crippen molar-refractivity contribution in [1.29, 1.82) is 0 Å². The molecular formula is C26H24FN7O2. The van der Waals surface area contributed by atoms with Crippen LogP contribution in [0.25, 0.3) is 11.5 Å². The monoisotopic (exact) mass is 485 g/mol. The van der Waals surface area contributed by atoms with Crippen molar-refractivity contribution in [2.75, 3.05) is 11.9 Å². The predicted octanol–water partition coefficient (Wildman–Crippen LogP) is 3.91. The van der Waals surface area contributed by atoms with Crippen molar-refractivity contribution in [3.63, 3.8) is 0 Å². The maximum Gasteiger partial charge on any atom is 0.275 e. The van der Waals surface area contributed by atoms with Crippen LogP contribution in [-0.2, 0) is 13.0 Å². The van der Waals surface area contributed by atoms with Crippen molar-refractivity contribution in [3.05, 3.63) is 89.3 Å². The molecule has 5 rings (SSSR count). The van der Waals surface area contributed by atoms with Gasteiger partial charge in [-0.2, -0.15) is 0 Å². The van der Waals surface area contributed by atoms with Gasteiger partial charge in [-0.15, -0.1) is 10.2 Å². The van der Waals surface area contributed by atoms with E-state index in [0.29, 0.717) is 42.4 Å². The molecule has 4 heterocycles. The van der Waals surface area contributed by atoms with E-state index < -0.39 is 5.91 Å². The second-order valence-electron chi connectivity index (χ2n) is 8.84. The summed E-state index contributed by atoms with van der Waals surface area (Å²) in [5.74, 6) is -0.00467. The van der Waals surface area contributed by atoms with Gasteiger partial charge in [-0.1, -0.05) is 6.07 Å². The highest BCUT2D eigenvalue weighted by Gasteiger charge is 2.23. The van der Waals surface area contributed by atoms with Gasteiger partial charge in [-0.3, -0.25) is 14.6 Å². The zero-order chi connectivity index (χ0) is 25.2. The minimum atomic E-state index is -0.408. The summed E-state index contributed by atoms with van der Waals surface area (Å²) in [5.41, 5.74) is 3.08. The number of halogens is 1. The van der Waals surface area contributed by atoms with Crippen LogP contribution in [0.3, 0.4) is 0 Å². The van der Waals surface area contributed by atoms with E-state index in [0.717, 1.165) is 11.1 Å². The van der Waals surface area contributed by atoms with Crippen molar-refractivity contribution in [3.8, 4) is 11.5 Å². The first kappa shape index (κ1) is 23.3. The van der Waals surface area contributed by atoms with Gasteiger partial charge in [0.1, 0.15) is 29.4 Å². The Balaban J connectivity index is 1.32. The molecule has 1 aromatic carbocycles.